The number of rotatable bonds is 2. The van der Waals surface area contributed by atoms with Gasteiger partial charge in [0.15, 0.2) is 0 Å². The highest BCUT2D eigenvalue weighted by Crippen LogP contribution is 2.28. The van der Waals surface area contributed by atoms with Crippen molar-refractivity contribution in [3.63, 3.8) is 0 Å². The van der Waals surface area contributed by atoms with Crippen molar-refractivity contribution in [1.29, 1.82) is 0 Å². The summed E-state index contributed by atoms with van der Waals surface area (Å²) in [5.74, 6) is 5.86. The van der Waals surface area contributed by atoms with E-state index < -0.39 is 0 Å². The van der Waals surface area contributed by atoms with Gasteiger partial charge in [0.2, 0.25) is 0 Å². The van der Waals surface area contributed by atoms with Gasteiger partial charge < -0.3 is 15.1 Å². The molecule has 4 heteroatoms. The lowest BCUT2D eigenvalue weighted by Crippen LogP contribution is -2.42. The minimum atomic E-state index is -0.0159. The van der Waals surface area contributed by atoms with Crippen molar-refractivity contribution in [1.82, 2.24) is 10.6 Å². The number of nitrogens with one attached hydrogen (secondary N) is 2. The maximum absolute atomic E-state index is 12.5. The number of carbonyl (C=O) groups excluding carboxylic acids is 1. The number of carbonyl (C=O) groups is 1. The van der Waals surface area contributed by atoms with E-state index in [-0.39, 0.29) is 11.9 Å². The smallest absolute Gasteiger partial charge is 0.251 e. The summed E-state index contributed by atoms with van der Waals surface area (Å²) in [6, 6.07) is 6.79. The van der Waals surface area contributed by atoms with Gasteiger partial charge in [-0.05, 0) is 44.4 Å². The Morgan fingerprint density at radius 1 is 1.41 bits per heavy atom. The third-order valence-corrected chi connectivity index (χ3v) is 4.71. The molecule has 0 aliphatic carbocycles. The lowest BCUT2D eigenvalue weighted by molar-refractivity contribution is 0.0931. The molecule has 3 heterocycles. The van der Waals surface area contributed by atoms with E-state index >= 15 is 0 Å². The number of furan rings is 1. The predicted molar refractivity (Wildman–Crippen MR) is 84.6 cm³/mol. The summed E-state index contributed by atoms with van der Waals surface area (Å²) in [6.07, 6.45) is 5.07. The second kappa shape index (κ2) is 5.19. The molecule has 1 amide bonds. The number of hydrogen-bond donors (Lipinski definition) is 2. The molecular formula is C18H18N2O2. The van der Waals surface area contributed by atoms with Gasteiger partial charge in [-0.25, -0.2) is 0 Å². The van der Waals surface area contributed by atoms with Gasteiger partial charge in [0.1, 0.15) is 11.8 Å². The normalized spacial score (nSPS) is 26.0. The molecule has 4 rings (SSSR count). The van der Waals surface area contributed by atoms with Crippen LogP contribution in [0.15, 0.2) is 28.9 Å². The van der Waals surface area contributed by atoms with E-state index in [2.05, 4.69) is 22.5 Å². The quantitative estimate of drug-likeness (QED) is 0.836. The Kier molecular flexibility index (Phi) is 3.16. The molecule has 2 bridgehead atoms. The van der Waals surface area contributed by atoms with E-state index in [4.69, 9.17) is 4.42 Å². The summed E-state index contributed by atoms with van der Waals surface area (Å²) in [4.78, 5) is 12.5. The molecule has 1 aromatic carbocycles. The fraction of sp³-hybridized carbons (Fsp3) is 0.389. The minimum absolute atomic E-state index is 0.0159. The molecule has 0 radical (unpaired) electrons. The summed E-state index contributed by atoms with van der Waals surface area (Å²) in [5, 5.41) is 7.60. The fourth-order valence-electron chi connectivity index (χ4n) is 3.64. The molecule has 0 spiro atoms. The van der Waals surface area contributed by atoms with Gasteiger partial charge in [-0.3, -0.25) is 4.79 Å². The minimum Gasteiger partial charge on any atom is -0.463 e. The molecule has 2 N–H and O–H groups in total. The zero-order valence-electron chi connectivity index (χ0n) is 12.5. The van der Waals surface area contributed by atoms with Gasteiger partial charge in [-0.15, -0.1) is 5.92 Å². The van der Waals surface area contributed by atoms with E-state index in [0.717, 1.165) is 29.4 Å². The van der Waals surface area contributed by atoms with Crippen LogP contribution in [0.2, 0.25) is 0 Å². The first-order chi connectivity index (χ1) is 10.7. The standard InChI is InChI=1S/C18H18N2O2/c1-2-3-12-10-22-17-7-4-11(8-14(12)17)18(21)20-16-9-13-5-6-15(16)19-13/h4,7-8,10,13,15-16,19H,5-6,9H2,1H3,(H,20,21). The first kappa shape index (κ1) is 13.4. The zero-order valence-corrected chi connectivity index (χ0v) is 12.5. The monoisotopic (exact) mass is 294 g/mol. The van der Waals surface area contributed by atoms with E-state index in [1.807, 2.05) is 18.2 Å². The average molecular weight is 294 g/mol. The largest absolute Gasteiger partial charge is 0.463 e. The Morgan fingerprint density at radius 2 is 2.32 bits per heavy atom. The number of hydrogen-bond acceptors (Lipinski definition) is 3. The Hall–Kier alpha value is -2.25. The van der Waals surface area contributed by atoms with Crippen LogP contribution in [0.5, 0.6) is 0 Å². The number of amides is 1. The lowest BCUT2D eigenvalue weighted by Gasteiger charge is -2.21. The molecular weight excluding hydrogens is 276 g/mol. The van der Waals surface area contributed by atoms with Gasteiger partial charge in [0, 0.05) is 29.1 Å². The lowest BCUT2D eigenvalue weighted by atomic mass is 9.95. The van der Waals surface area contributed by atoms with E-state index in [1.165, 1.54) is 6.42 Å². The van der Waals surface area contributed by atoms with Gasteiger partial charge in [-0.1, -0.05) is 5.92 Å². The number of benzene rings is 1. The zero-order chi connectivity index (χ0) is 15.1. The number of fused-ring (bicyclic) bond motifs is 3. The second-order valence-electron chi connectivity index (χ2n) is 6.10. The van der Waals surface area contributed by atoms with Crippen molar-refractivity contribution >= 4 is 16.9 Å². The predicted octanol–water partition coefficient (Wildman–Crippen LogP) is 2.43. The van der Waals surface area contributed by atoms with Crippen LogP contribution in [0.3, 0.4) is 0 Å². The SMILES string of the molecule is CC#Cc1coc2ccc(C(=O)NC3CC4CCC3N4)cc12. The van der Waals surface area contributed by atoms with Crippen molar-refractivity contribution < 1.29 is 9.21 Å². The van der Waals surface area contributed by atoms with Gasteiger partial charge >= 0.3 is 0 Å². The molecule has 1 aromatic heterocycles. The first-order valence-electron chi connectivity index (χ1n) is 7.75. The van der Waals surface area contributed by atoms with Crippen molar-refractivity contribution in [2.24, 2.45) is 0 Å². The fourth-order valence-corrected chi connectivity index (χ4v) is 3.64. The highest BCUT2D eigenvalue weighted by Gasteiger charge is 2.39. The van der Waals surface area contributed by atoms with Gasteiger partial charge in [-0.2, -0.15) is 0 Å². The summed E-state index contributed by atoms with van der Waals surface area (Å²) < 4.78 is 5.47. The van der Waals surface area contributed by atoms with Crippen molar-refractivity contribution in [3.8, 4) is 11.8 Å². The molecule has 2 aliphatic rings. The van der Waals surface area contributed by atoms with Crippen LogP contribution < -0.4 is 10.6 Å². The molecule has 22 heavy (non-hydrogen) atoms. The molecule has 3 unspecified atom stereocenters. The maximum atomic E-state index is 12.5. The second-order valence-corrected chi connectivity index (χ2v) is 6.10. The molecule has 2 saturated heterocycles. The summed E-state index contributed by atoms with van der Waals surface area (Å²) >= 11 is 0. The third-order valence-electron chi connectivity index (χ3n) is 4.71. The van der Waals surface area contributed by atoms with Gasteiger partial charge in [0.25, 0.3) is 5.91 Å². The molecule has 0 saturated carbocycles. The summed E-state index contributed by atoms with van der Waals surface area (Å²) in [7, 11) is 0. The van der Waals surface area contributed by atoms with E-state index in [1.54, 1.807) is 13.2 Å². The Bertz CT molecular complexity index is 796. The molecule has 2 aliphatic heterocycles. The van der Waals surface area contributed by atoms with E-state index in [0.29, 0.717) is 17.6 Å². The third kappa shape index (κ3) is 2.18. The van der Waals surface area contributed by atoms with Crippen LogP contribution in [0.4, 0.5) is 0 Å². The molecule has 112 valence electrons. The highest BCUT2D eigenvalue weighted by atomic mass is 16.3. The van der Waals surface area contributed by atoms with Crippen LogP contribution in [-0.4, -0.2) is 24.0 Å². The van der Waals surface area contributed by atoms with Crippen LogP contribution in [-0.2, 0) is 0 Å². The van der Waals surface area contributed by atoms with Crippen LogP contribution >= 0.6 is 0 Å². The average Bonchev–Trinajstić information content (AvgIpc) is 3.23. The Morgan fingerprint density at radius 3 is 3.05 bits per heavy atom. The van der Waals surface area contributed by atoms with Gasteiger partial charge in [0.05, 0.1) is 5.56 Å². The highest BCUT2D eigenvalue weighted by molar-refractivity contribution is 5.99. The van der Waals surface area contributed by atoms with Crippen LogP contribution in [0.1, 0.15) is 42.1 Å². The molecule has 2 aromatic rings. The molecule has 4 nitrogen and oxygen atoms in total. The Balaban J connectivity index is 1.58. The summed E-state index contributed by atoms with van der Waals surface area (Å²) in [6.45, 7) is 1.79. The Labute approximate surface area is 129 Å². The van der Waals surface area contributed by atoms with E-state index in [9.17, 15) is 4.79 Å². The van der Waals surface area contributed by atoms with Crippen LogP contribution in [0, 0.1) is 11.8 Å². The molecule has 2 fully saturated rings. The van der Waals surface area contributed by atoms with Crippen molar-refractivity contribution in [2.45, 2.75) is 44.3 Å². The van der Waals surface area contributed by atoms with Crippen molar-refractivity contribution in [3.05, 3.63) is 35.6 Å². The first-order valence-corrected chi connectivity index (χ1v) is 7.75. The maximum Gasteiger partial charge on any atom is 0.251 e. The summed E-state index contributed by atoms with van der Waals surface area (Å²) in [5.41, 5.74) is 2.25. The van der Waals surface area contributed by atoms with Crippen LogP contribution in [0.25, 0.3) is 11.0 Å². The van der Waals surface area contributed by atoms with Crippen molar-refractivity contribution in [2.75, 3.05) is 0 Å². The molecule has 3 atom stereocenters. The topological polar surface area (TPSA) is 54.3 Å².